The van der Waals surface area contributed by atoms with Gasteiger partial charge in [0.15, 0.2) is 11.5 Å². The Morgan fingerprint density at radius 3 is 2.27 bits per heavy atom. The number of phenols is 2. The highest BCUT2D eigenvalue weighted by Crippen LogP contribution is 2.32. The number of benzene rings is 1. The molecule has 0 aliphatic heterocycles. The number of nitrogens with two attached hydrogens (primary N) is 1. The van der Waals surface area contributed by atoms with Gasteiger partial charge in [-0.2, -0.15) is 13.2 Å². The van der Waals surface area contributed by atoms with E-state index in [0.29, 0.717) is 0 Å². The van der Waals surface area contributed by atoms with Crippen molar-refractivity contribution in [2.24, 2.45) is 5.73 Å². The van der Waals surface area contributed by atoms with Crippen LogP contribution in [-0.4, -0.2) is 16.4 Å². The summed E-state index contributed by atoms with van der Waals surface area (Å²) in [7, 11) is 0. The molecule has 0 saturated carbocycles. The van der Waals surface area contributed by atoms with Crippen LogP contribution in [0.2, 0.25) is 0 Å². The lowest BCUT2D eigenvalue weighted by molar-refractivity contribution is -0.138. The highest BCUT2D eigenvalue weighted by atomic mass is 19.4. The van der Waals surface area contributed by atoms with Gasteiger partial charge in [0.1, 0.15) is 0 Å². The Labute approximate surface area is 84.0 Å². The van der Waals surface area contributed by atoms with E-state index in [1.54, 1.807) is 0 Å². The largest absolute Gasteiger partial charge is 0.504 e. The van der Waals surface area contributed by atoms with Gasteiger partial charge in [0, 0.05) is 6.04 Å². The molecule has 0 aliphatic carbocycles. The van der Waals surface area contributed by atoms with Crippen molar-refractivity contribution in [3.63, 3.8) is 0 Å². The minimum Gasteiger partial charge on any atom is -0.504 e. The molecule has 1 rings (SSSR count). The monoisotopic (exact) mass is 221 g/mol. The molecule has 4 N–H and O–H groups in total. The van der Waals surface area contributed by atoms with Gasteiger partial charge < -0.3 is 15.9 Å². The number of alkyl halides is 3. The van der Waals surface area contributed by atoms with Crippen molar-refractivity contribution in [2.75, 3.05) is 0 Å². The first-order chi connectivity index (χ1) is 6.79. The zero-order chi connectivity index (χ0) is 11.6. The minimum absolute atomic E-state index is 0.127. The van der Waals surface area contributed by atoms with Gasteiger partial charge in [0.2, 0.25) is 0 Å². The van der Waals surface area contributed by atoms with Gasteiger partial charge in [0.25, 0.3) is 0 Å². The topological polar surface area (TPSA) is 66.5 Å². The van der Waals surface area contributed by atoms with E-state index in [1.165, 1.54) is 6.07 Å². The van der Waals surface area contributed by atoms with E-state index >= 15 is 0 Å². The first kappa shape index (κ1) is 11.6. The number of phenolic OH excluding ortho intramolecular Hbond substituents is 2. The van der Waals surface area contributed by atoms with E-state index in [0.717, 1.165) is 12.1 Å². The van der Waals surface area contributed by atoms with Gasteiger partial charge in [-0.3, -0.25) is 0 Å². The zero-order valence-corrected chi connectivity index (χ0v) is 7.62. The molecule has 0 aromatic heterocycles. The van der Waals surface area contributed by atoms with E-state index in [9.17, 15) is 13.2 Å². The van der Waals surface area contributed by atoms with Crippen molar-refractivity contribution in [1.29, 1.82) is 0 Å². The Balaban J connectivity index is 2.83. The SMILES string of the molecule is N[C@@H](CC(F)(F)F)c1ccc(O)c(O)c1. The summed E-state index contributed by atoms with van der Waals surface area (Å²) in [6, 6.07) is 2.12. The quantitative estimate of drug-likeness (QED) is 0.669. The zero-order valence-electron chi connectivity index (χ0n) is 7.62. The highest BCUT2D eigenvalue weighted by molar-refractivity contribution is 5.41. The second-order valence-corrected chi connectivity index (χ2v) is 3.17. The normalized spacial score (nSPS) is 13.9. The van der Waals surface area contributed by atoms with Crippen molar-refractivity contribution in [1.82, 2.24) is 0 Å². The van der Waals surface area contributed by atoms with Crippen LogP contribution < -0.4 is 5.73 Å². The summed E-state index contributed by atoms with van der Waals surface area (Å²) in [6.45, 7) is 0. The van der Waals surface area contributed by atoms with E-state index < -0.39 is 30.1 Å². The molecule has 0 spiro atoms. The first-order valence-corrected chi connectivity index (χ1v) is 4.14. The molecule has 0 fully saturated rings. The van der Waals surface area contributed by atoms with Gasteiger partial charge in [-0.05, 0) is 17.7 Å². The molecule has 84 valence electrons. The summed E-state index contributed by atoms with van der Waals surface area (Å²) < 4.78 is 35.9. The number of hydrogen-bond donors (Lipinski definition) is 3. The van der Waals surface area contributed by atoms with Gasteiger partial charge in [-0.25, -0.2) is 0 Å². The van der Waals surface area contributed by atoms with Crippen LogP contribution in [0.1, 0.15) is 18.0 Å². The Hall–Kier alpha value is -1.43. The number of hydrogen-bond acceptors (Lipinski definition) is 3. The molecule has 3 nitrogen and oxygen atoms in total. The van der Waals surface area contributed by atoms with Crippen molar-refractivity contribution in [3.8, 4) is 11.5 Å². The summed E-state index contributed by atoms with van der Waals surface area (Å²) in [4.78, 5) is 0. The van der Waals surface area contributed by atoms with Crippen LogP contribution in [0.25, 0.3) is 0 Å². The Morgan fingerprint density at radius 1 is 1.20 bits per heavy atom. The van der Waals surface area contributed by atoms with Crippen LogP contribution in [0.4, 0.5) is 13.2 Å². The Kier molecular flexibility index (Phi) is 3.09. The third kappa shape index (κ3) is 3.32. The average molecular weight is 221 g/mol. The molecule has 0 radical (unpaired) electrons. The molecule has 0 aliphatic rings. The van der Waals surface area contributed by atoms with E-state index in [4.69, 9.17) is 15.9 Å². The predicted octanol–water partition coefficient (Wildman–Crippen LogP) is 2.05. The maximum Gasteiger partial charge on any atom is 0.390 e. The Morgan fingerprint density at radius 2 is 1.80 bits per heavy atom. The maximum absolute atomic E-state index is 12.0. The fourth-order valence-corrected chi connectivity index (χ4v) is 1.14. The van der Waals surface area contributed by atoms with Crippen LogP contribution in [0.3, 0.4) is 0 Å². The van der Waals surface area contributed by atoms with Crippen LogP contribution in [0.5, 0.6) is 11.5 Å². The number of rotatable bonds is 2. The van der Waals surface area contributed by atoms with Crippen LogP contribution in [0.15, 0.2) is 18.2 Å². The van der Waals surface area contributed by atoms with Crippen LogP contribution >= 0.6 is 0 Å². The fraction of sp³-hybridized carbons (Fsp3) is 0.333. The summed E-state index contributed by atoms with van der Waals surface area (Å²) in [6.07, 6.45) is -5.52. The highest BCUT2D eigenvalue weighted by Gasteiger charge is 2.31. The minimum atomic E-state index is -4.35. The van der Waals surface area contributed by atoms with Gasteiger partial charge in [0.05, 0.1) is 6.42 Å². The smallest absolute Gasteiger partial charge is 0.390 e. The van der Waals surface area contributed by atoms with Gasteiger partial charge in [-0.15, -0.1) is 0 Å². The molecular formula is C9H10F3NO2. The average Bonchev–Trinajstić information content (AvgIpc) is 2.06. The molecule has 1 atom stereocenters. The fourth-order valence-electron chi connectivity index (χ4n) is 1.14. The summed E-state index contributed by atoms with van der Waals surface area (Å²) in [5.41, 5.74) is 5.41. The lowest BCUT2D eigenvalue weighted by Crippen LogP contribution is -2.20. The van der Waals surface area contributed by atoms with Crippen LogP contribution in [-0.2, 0) is 0 Å². The van der Waals surface area contributed by atoms with Crippen molar-refractivity contribution in [2.45, 2.75) is 18.6 Å². The van der Waals surface area contributed by atoms with Gasteiger partial charge >= 0.3 is 6.18 Å². The van der Waals surface area contributed by atoms with Crippen LogP contribution in [0, 0.1) is 0 Å². The maximum atomic E-state index is 12.0. The lowest BCUT2D eigenvalue weighted by atomic mass is 10.0. The number of halogens is 3. The molecule has 15 heavy (non-hydrogen) atoms. The Bertz CT molecular complexity index is 352. The molecule has 0 heterocycles. The standard InChI is InChI=1S/C9H10F3NO2/c10-9(11,12)4-6(13)5-1-2-7(14)8(15)3-5/h1-3,6,14-15H,4,13H2/t6-/m0/s1. The predicted molar refractivity (Wildman–Crippen MR) is 47.4 cm³/mol. The molecule has 0 amide bonds. The lowest BCUT2D eigenvalue weighted by Gasteiger charge is -2.14. The molecule has 1 aromatic rings. The van der Waals surface area contributed by atoms with Crippen molar-refractivity contribution in [3.05, 3.63) is 23.8 Å². The molecule has 6 heteroatoms. The molecule has 1 aromatic carbocycles. The first-order valence-electron chi connectivity index (χ1n) is 4.14. The number of aromatic hydroxyl groups is 2. The summed E-state index contributed by atoms with van der Waals surface area (Å²) in [5, 5.41) is 18.0. The van der Waals surface area contributed by atoms with Crippen molar-refractivity contribution < 1.29 is 23.4 Å². The molecule has 0 bridgehead atoms. The van der Waals surface area contributed by atoms with Gasteiger partial charge in [-0.1, -0.05) is 6.07 Å². The molecule has 0 saturated heterocycles. The second kappa shape index (κ2) is 3.98. The van der Waals surface area contributed by atoms with E-state index in [2.05, 4.69) is 0 Å². The third-order valence-electron chi connectivity index (χ3n) is 1.88. The summed E-state index contributed by atoms with van der Waals surface area (Å²) in [5.74, 6) is -0.872. The van der Waals surface area contributed by atoms with Crippen molar-refractivity contribution >= 4 is 0 Å². The summed E-state index contributed by atoms with van der Waals surface area (Å²) >= 11 is 0. The molecule has 0 unspecified atom stereocenters. The molecular weight excluding hydrogens is 211 g/mol. The third-order valence-corrected chi connectivity index (χ3v) is 1.88. The van der Waals surface area contributed by atoms with E-state index in [-0.39, 0.29) is 5.56 Å². The van der Waals surface area contributed by atoms with E-state index in [1.807, 2.05) is 0 Å². The second-order valence-electron chi connectivity index (χ2n) is 3.17.